The van der Waals surface area contributed by atoms with Gasteiger partial charge in [-0.25, -0.2) is 10.1 Å². The van der Waals surface area contributed by atoms with Gasteiger partial charge in [0.05, 0.1) is 0 Å². The molecule has 2 atom stereocenters. The first-order valence-electron chi connectivity index (χ1n) is 9.51. The van der Waals surface area contributed by atoms with E-state index >= 15 is 0 Å². The molecule has 0 aromatic carbocycles. The Morgan fingerprint density at radius 3 is 1.90 bits per heavy atom. The van der Waals surface area contributed by atoms with Gasteiger partial charge in [0.25, 0.3) is 5.91 Å². The molecule has 0 aromatic rings. The van der Waals surface area contributed by atoms with Crippen LogP contribution in [0.4, 0.5) is 0 Å². The van der Waals surface area contributed by atoms with E-state index in [1.807, 2.05) is 0 Å². The van der Waals surface area contributed by atoms with Gasteiger partial charge in [0.15, 0.2) is 0 Å². The fraction of sp³-hybridized carbons (Fsp3) is 0.667. The molecule has 4 amide bonds. The maximum Gasteiger partial charge on any atom is 0.269 e. The molecule has 5 N–H and O–H groups in total. The summed E-state index contributed by atoms with van der Waals surface area (Å²) in [7, 11) is 0. The first-order valence-corrected chi connectivity index (χ1v) is 9.51. The van der Waals surface area contributed by atoms with Crippen LogP contribution in [0, 0.1) is 0 Å². The largest absolute Gasteiger partial charge is 0.396 e. The molecule has 1 rings (SSSR count). The number of nitrogens with zero attached hydrogens (tertiary/aromatic N) is 2. The van der Waals surface area contributed by atoms with Crippen molar-refractivity contribution in [2.75, 3.05) is 19.7 Å². The highest BCUT2D eigenvalue weighted by Gasteiger charge is 2.33. The minimum Gasteiger partial charge on any atom is -0.396 e. The molecule has 1 aliphatic heterocycles. The number of hydroxylamine groups is 4. The molecular formula is C18H30N4O7. The molecule has 1 heterocycles. The predicted molar refractivity (Wildman–Crippen MR) is 100 cm³/mol. The van der Waals surface area contributed by atoms with E-state index in [2.05, 4.69) is 10.6 Å². The van der Waals surface area contributed by atoms with Crippen LogP contribution in [-0.4, -0.2) is 81.1 Å². The number of hydrogen-bond donors (Lipinski definition) is 5. The number of rotatable bonds is 11. The summed E-state index contributed by atoms with van der Waals surface area (Å²) in [6, 6.07) is -1.50. The molecule has 2 unspecified atom stereocenters. The summed E-state index contributed by atoms with van der Waals surface area (Å²) in [5.74, 6) is -1.84. The van der Waals surface area contributed by atoms with Crippen molar-refractivity contribution < 1.29 is 34.7 Å². The van der Waals surface area contributed by atoms with Crippen LogP contribution in [0.3, 0.4) is 0 Å². The smallest absolute Gasteiger partial charge is 0.269 e. The van der Waals surface area contributed by atoms with Gasteiger partial charge >= 0.3 is 0 Å². The number of aliphatic hydroxyl groups is 1. The first kappa shape index (κ1) is 24.5. The number of amides is 4. The molecule has 0 spiro atoms. The minimum atomic E-state index is -0.763. The van der Waals surface area contributed by atoms with Crippen molar-refractivity contribution in [2.45, 2.75) is 58.0 Å². The third-order valence-corrected chi connectivity index (χ3v) is 4.49. The summed E-state index contributed by atoms with van der Waals surface area (Å²) in [6.45, 7) is 2.84. The zero-order valence-electron chi connectivity index (χ0n) is 16.8. The van der Waals surface area contributed by atoms with E-state index in [0.717, 1.165) is 0 Å². The first-order chi connectivity index (χ1) is 13.6. The van der Waals surface area contributed by atoms with E-state index in [4.69, 9.17) is 5.11 Å². The Balaban J connectivity index is 2.38. The number of carbonyl (C=O) groups is 4. The quantitative estimate of drug-likeness (QED) is 0.170. The SMILES string of the molecule is CC(=O)N(O)CCCC1NC(=O)C(CCCN(O)C(=O)C=C(C)CCO)NC1=O. The predicted octanol–water partition coefficient (Wildman–Crippen LogP) is -0.686. The van der Waals surface area contributed by atoms with Crippen molar-refractivity contribution in [3.63, 3.8) is 0 Å². The van der Waals surface area contributed by atoms with Crippen molar-refractivity contribution in [3.05, 3.63) is 11.6 Å². The van der Waals surface area contributed by atoms with Crippen LogP contribution in [0.5, 0.6) is 0 Å². The Morgan fingerprint density at radius 1 is 0.966 bits per heavy atom. The van der Waals surface area contributed by atoms with Crippen molar-refractivity contribution >= 4 is 23.6 Å². The van der Waals surface area contributed by atoms with Gasteiger partial charge in [0.2, 0.25) is 17.7 Å². The van der Waals surface area contributed by atoms with Crippen molar-refractivity contribution in [3.8, 4) is 0 Å². The molecule has 29 heavy (non-hydrogen) atoms. The summed E-state index contributed by atoms with van der Waals surface area (Å²) in [4.78, 5) is 47.0. The summed E-state index contributed by atoms with van der Waals surface area (Å²) < 4.78 is 0. The lowest BCUT2D eigenvalue weighted by atomic mass is 10.0. The maximum absolute atomic E-state index is 12.2. The van der Waals surface area contributed by atoms with Crippen molar-refractivity contribution in [1.82, 2.24) is 20.8 Å². The van der Waals surface area contributed by atoms with Crippen LogP contribution >= 0.6 is 0 Å². The normalized spacial score (nSPS) is 19.4. The number of piperazine rings is 1. The van der Waals surface area contributed by atoms with Crippen LogP contribution in [0.25, 0.3) is 0 Å². The zero-order valence-corrected chi connectivity index (χ0v) is 16.8. The molecule has 0 bridgehead atoms. The van der Waals surface area contributed by atoms with Gasteiger partial charge in [0, 0.05) is 32.7 Å². The Labute approximate surface area is 169 Å². The highest BCUT2D eigenvalue weighted by molar-refractivity contribution is 5.96. The summed E-state index contributed by atoms with van der Waals surface area (Å²) in [5, 5.41) is 34.2. The average molecular weight is 414 g/mol. The third kappa shape index (κ3) is 8.59. The van der Waals surface area contributed by atoms with Gasteiger partial charge < -0.3 is 15.7 Å². The van der Waals surface area contributed by atoms with Crippen LogP contribution in [0.2, 0.25) is 0 Å². The molecule has 11 heteroatoms. The second kappa shape index (κ2) is 12.1. The average Bonchev–Trinajstić information content (AvgIpc) is 2.64. The third-order valence-electron chi connectivity index (χ3n) is 4.49. The van der Waals surface area contributed by atoms with Crippen LogP contribution in [-0.2, 0) is 19.2 Å². The van der Waals surface area contributed by atoms with E-state index in [1.54, 1.807) is 6.92 Å². The molecule has 0 aromatic heterocycles. The summed E-state index contributed by atoms with van der Waals surface area (Å²) in [6.07, 6.45) is 2.70. The molecule has 11 nitrogen and oxygen atoms in total. The van der Waals surface area contributed by atoms with E-state index in [1.165, 1.54) is 13.0 Å². The second-order valence-corrected chi connectivity index (χ2v) is 6.97. The van der Waals surface area contributed by atoms with Crippen LogP contribution < -0.4 is 10.6 Å². The molecule has 0 aliphatic carbocycles. The highest BCUT2D eigenvalue weighted by atomic mass is 16.5. The molecule has 1 aliphatic rings. The molecule has 1 saturated heterocycles. The van der Waals surface area contributed by atoms with E-state index in [0.29, 0.717) is 28.5 Å². The number of aliphatic hydroxyl groups excluding tert-OH is 1. The monoisotopic (exact) mass is 414 g/mol. The Kier molecular flexibility index (Phi) is 10.3. The van der Waals surface area contributed by atoms with Gasteiger partial charge in [-0.15, -0.1) is 0 Å². The lowest BCUT2D eigenvalue weighted by Crippen LogP contribution is -2.61. The fourth-order valence-electron chi connectivity index (χ4n) is 2.77. The van der Waals surface area contributed by atoms with E-state index in [-0.39, 0.29) is 50.8 Å². The minimum absolute atomic E-state index is 0.0117. The van der Waals surface area contributed by atoms with Gasteiger partial charge in [-0.05, 0) is 39.0 Å². The van der Waals surface area contributed by atoms with Crippen molar-refractivity contribution in [1.29, 1.82) is 0 Å². The van der Waals surface area contributed by atoms with Gasteiger partial charge in [-0.1, -0.05) is 5.57 Å². The van der Waals surface area contributed by atoms with Crippen LogP contribution in [0.1, 0.15) is 46.0 Å². The second-order valence-electron chi connectivity index (χ2n) is 6.97. The molecule has 164 valence electrons. The van der Waals surface area contributed by atoms with Gasteiger partial charge in [-0.3, -0.25) is 29.6 Å². The Bertz CT molecular complexity index is 638. The maximum atomic E-state index is 12.2. The lowest BCUT2D eigenvalue weighted by Gasteiger charge is -2.30. The van der Waals surface area contributed by atoms with E-state index < -0.39 is 23.9 Å². The number of hydrogen-bond acceptors (Lipinski definition) is 7. The summed E-state index contributed by atoms with van der Waals surface area (Å²) in [5.41, 5.74) is 0.633. The lowest BCUT2D eigenvalue weighted by molar-refractivity contribution is -0.163. The highest BCUT2D eigenvalue weighted by Crippen LogP contribution is 2.09. The fourth-order valence-corrected chi connectivity index (χ4v) is 2.77. The Hall–Kier alpha value is -2.50. The standard InChI is InChI=1S/C18H30N4O7/c1-12(7-10-23)11-16(25)22(29)9-4-6-15-18(27)19-14(17(26)20-15)5-3-8-21(28)13(2)24/h11,14-15,23,28-29H,3-10H2,1-2H3,(H,19,27)(H,20,26). The summed E-state index contributed by atoms with van der Waals surface area (Å²) >= 11 is 0. The van der Waals surface area contributed by atoms with Gasteiger partial charge in [0.1, 0.15) is 12.1 Å². The van der Waals surface area contributed by atoms with E-state index in [9.17, 15) is 29.6 Å². The number of carbonyl (C=O) groups excluding carboxylic acids is 4. The topological polar surface area (TPSA) is 160 Å². The molecule has 1 fully saturated rings. The van der Waals surface area contributed by atoms with Gasteiger partial charge in [-0.2, -0.15) is 0 Å². The molecular weight excluding hydrogens is 384 g/mol. The van der Waals surface area contributed by atoms with Crippen LogP contribution in [0.15, 0.2) is 11.6 Å². The zero-order chi connectivity index (χ0) is 22.0. The van der Waals surface area contributed by atoms with Crippen molar-refractivity contribution in [2.24, 2.45) is 0 Å². The number of nitrogens with one attached hydrogen (secondary N) is 2. The molecule has 0 radical (unpaired) electrons. The molecule has 0 saturated carbocycles. The Morgan fingerprint density at radius 2 is 1.45 bits per heavy atom.